The molecule has 0 fully saturated rings. The van der Waals surface area contributed by atoms with E-state index in [1.165, 1.54) is 0 Å². The number of nitrogens with two attached hydrogens (primary N) is 1. The molecule has 0 amide bonds. The Hall–Kier alpha value is -1.05. The van der Waals surface area contributed by atoms with Crippen LogP contribution in [0.2, 0.25) is 0 Å². The van der Waals surface area contributed by atoms with Crippen LogP contribution in [0.25, 0.3) is 0 Å². The second-order valence-corrected chi connectivity index (χ2v) is 3.97. The van der Waals surface area contributed by atoms with Crippen LogP contribution in [0.15, 0.2) is 23.3 Å². The van der Waals surface area contributed by atoms with Gasteiger partial charge in [-0.05, 0) is 12.5 Å². The maximum absolute atomic E-state index is 12.4. The van der Waals surface area contributed by atoms with Gasteiger partial charge in [0.15, 0.2) is 0 Å². The predicted octanol–water partition coefficient (Wildman–Crippen LogP) is 3.27. The molecule has 0 spiro atoms. The largest absolute Gasteiger partial charge is 0.416 e. The van der Waals surface area contributed by atoms with Crippen molar-refractivity contribution in [2.45, 2.75) is 18.8 Å². The monoisotopic (exact) mass is 275 g/mol. The summed E-state index contributed by atoms with van der Waals surface area (Å²) in [6.45, 7) is 0. The number of hydrogen-bond acceptors (Lipinski definition) is 1. The molecule has 1 unspecified atom stereocenters. The summed E-state index contributed by atoms with van der Waals surface area (Å²) < 4.78 is 74.3. The molecular formula is C9H7F6NS. The molecule has 0 bridgehead atoms. The molecule has 1 aliphatic rings. The number of rotatable bonds is 1. The number of hydrogen-bond donors (Lipinski definition) is 1. The Morgan fingerprint density at radius 2 is 1.71 bits per heavy atom. The smallest absolute Gasteiger partial charge is 0.393 e. The molecular weight excluding hydrogens is 268 g/mol. The summed E-state index contributed by atoms with van der Waals surface area (Å²) in [4.78, 5) is -0.387. The van der Waals surface area contributed by atoms with Gasteiger partial charge in [0.2, 0.25) is 0 Å². The van der Waals surface area contributed by atoms with Gasteiger partial charge in [0.25, 0.3) is 0 Å². The number of halogens is 6. The fraction of sp³-hybridized carbons (Fsp3) is 0.444. The average molecular weight is 275 g/mol. The lowest BCUT2D eigenvalue weighted by Crippen LogP contribution is -2.28. The molecule has 0 saturated carbocycles. The van der Waals surface area contributed by atoms with Crippen molar-refractivity contribution in [2.24, 2.45) is 11.7 Å². The highest BCUT2D eigenvalue weighted by atomic mass is 32.1. The van der Waals surface area contributed by atoms with Crippen molar-refractivity contribution < 1.29 is 26.3 Å². The zero-order valence-corrected chi connectivity index (χ0v) is 9.01. The first kappa shape index (κ1) is 14.0. The number of allylic oxidation sites excluding steroid dienone is 3. The van der Waals surface area contributed by atoms with Gasteiger partial charge in [0.1, 0.15) is 0 Å². The van der Waals surface area contributed by atoms with E-state index in [4.69, 9.17) is 5.73 Å². The highest BCUT2D eigenvalue weighted by Crippen LogP contribution is 2.39. The SMILES string of the molecule is NC(=S)C1C=C(C(F)(F)F)C=C(C(F)(F)F)C1. The van der Waals surface area contributed by atoms with E-state index in [1.807, 2.05) is 0 Å². The van der Waals surface area contributed by atoms with E-state index < -0.39 is 35.8 Å². The maximum Gasteiger partial charge on any atom is 0.416 e. The Morgan fingerprint density at radius 3 is 2.06 bits per heavy atom. The van der Waals surface area contributed by atoms with Crippen LogP contribution >= 0.6 is 12.2 Å². The molecule has 0 saturated heterocycles. The first-order chi connectivity index (χ1) is 7.51. The quantitative estimate of drug-likeness (QED) is 0.587. The minimum absolute atomic E-state index is 0.0920. The standard InChI is InChI=1S/C9H7F6NS/c10-8(11,12)5-1-4(7(16)17)2-6(3-5)9(13,14)15/h1,3-4H,2H2,(H2,16,17). The topological polar surface area (TPSA) is 26.0 Å². The molecule has 8 heteroatoms. The summed E-state index contributed by atoms with van der Waals surface area (Å²) in [5.74, 6) is -1.22. The van der Waals surface area contributed by atoms with E-state index in [0.717, 1.165) is 0 Å². The van der Waals surface area contributed by atoms with Gasteiger partial charge in [0, 0.05) is 11.5 Å². The summed E-state index contributed by atoms with van der Waals surface area (Å²) in [5, 5.41) is 0. The lowest BCUT2D eigenvalue weighted by molar-refractivity contribution is -0.0992. The molecule has 1 aliphatic carbocycles. The summed E-state index contributed by atoms with van der Waals surface area (Å²) in [7, 11) is 0. The molecule has 1 atom stereocenters. The molecule has 0 aromatic heterocycles. The Bertz CT molecular complexity index is 389. The summed E-state index contributed by atoms with van der Waals surface area (Å²) in [5.41, 5.74) is 2.46. The molecule has 17 heavy (non-hydrogen) atoms. The Kier molecular flexibility index (Phi) is 3.56. The fourth-order valence-corrected chi connectivity index (χ4v) is 1.52. The molecule has 1 rings (SSSR count). The highest BCUT2D eigenvalue weighted by molar-refractivity contribution is 7.80. The number of thiocarbonyl (C=S) groups is 1. The van der Waals surface area contributed by atoms with Crippen LogP contribution in [0, 0.1) is 5.92 Å². The van der Waals surface area contributed by atoms with Gasteiger partial charge >= 0.3 is 12.4 Å². The molecule has 0 radical (unpaired) electrons. The van der Waals surface area contributed by atoms with Crippen molar-refractivity contribution in [1.29, 1.82) is 0 Å². The Labute approximate surface area is 98.0 Å². The van der Waals surface area contributed by atoms with Crippen LogP contribution in [0.4, 0.5) is 26.3 Å². The number of alkyl halides is 6. The normalized spacial score (nSPS) is 21.9. The van der Waals surface area contributed by atoms with Crippen LogP contribution in [-0.2, 0) is 0 Å². The zero-order chi connectivity index (χ0) is 13.4. The Balaban J connectivity index is 3.17. The Morgan fingerprint density at radius 1 is 1.18 bits per heavy atom. The van der Waals surface area contributed by atoms with Crippen LogP contribution in [0.3, 0.4) is 0 Å². The van der Waals surface area contributed by atoms with Gasteiger partial charge in [-0.15, -0.1) is 0 Å². The lowest BCUT2D eigenvalue weighted by Gasteiger charge is -2.23. The van der Waals surface area contributed by atoms with Gasteiger partial charge in [-0.2, -0.15) is 26.3 Å². The van der Waals surface area contributed by atoms with Crippen LogP contribution in [0.5, 0.6) is 0 Å². The summed E-state index contributed by atoms with van der Waals surface area (Å²) in [6.07, 6.45) is -9.60. The average Bonchev–Trinajstić information content (AvgIpc) is 2.14. The van der Waals surface area contributed by atoms with Gasteiger partial charge in [0.05, 0.1) is 10.6 Å². The third kappa shape index (κ3) is 3.45. The van der Waals surface area contributed by atoms with E-state index in [0.29, 0.717) is 6.08 Å². The first-order valence-corrected chi connectivity index (χ1v) is 4.78. The van der Waals surface area contributed by atoms with Gasteiger partial charge < -0.3 is 5.73 Å². The minimum Gasteiger partial charge on any atom is -0.393 e. The van der Waals surface area contributed by atoms with Crippen LogP contribution < -0.4 is 5.73 Å². The zero-order valence-electron chi connectivity index (χ0n) is 8.19. The molecule has 0 aromatic rings. The van der Waals surface area contributed by atoms with Crippen molar-refractivity contribution in [1.82, 2.24) is 0 Å². The van der Waals surface area contributed by atoms with E-state index in [-0.39, 0.29) is 11.1 Å². The molecule has 1 nitrogen and oxygen atoms in total. The van der Waals surface area contributed by atoms with Crippen molar-refractivity contribution >= 4 is 17.2 Å². The maximum atomic E-state index is 12.4. The molecule has 0 aromatic carbocycles. The fourth-order valence-electron chi connectivity index (χ4n) is 1.36. The van der Waals surface area contributed by atoms with Crippen molar-refractivity contribution in [2.75, 3.05) is 0 Å². The van der Waals surface area contributed by atoms with Gasteiger partial charge in [-0.1, -0.05) is 18.3 Å². The second kappa shape index (κ2) is 4.32. The summed E-state index contributed by atoms with van der Waals surface area (Å²) in [6, 6.07) is 0. The lowest BCUT2D eigenvalue weighted by atomic mass is 9.89. The second-order valence-electron chi connectivity index (χ2n) is 3.50. The van der Waals surface area contributed by atoms with Crippen molar-refractivity contribution in [3.05, 3.63) is 23.3 Å². The summed E-state index contributed by atoms with van der Waals surface area (Å²) >= 11 is 4.44. The molecule has 96 valence electrons. The molecule has 0 heterocycles. The van der Waals surface area contributed by atoms with Crippen LogP contribution in [-0.4, -0.2) is 17.3 Å². The van der Waals surface area contributed by atoms with E-state index >= 15 is 0 Å². The van der Waals surface area contributed by atoms with Gasteiger partial charge in [-0.25, -0.2) is 0 Å². The van der Waals surface area contributed by atoms with E-state index in [2.05, 4.69) is 12.2 Å². The molecule has 0 aliphatic heterocycles. The van der Waals surface area contributed by atoms with Gasteiger partial charge in [-0.3, -0.25) is 0 Å². The van der Waals surface area contributed by atoms with E-state index in [1.54, 1.807) is 0 Å². The molecule has 2 N–H and O–H groups in total. The van der Waals surface area contributed by atoms with E-state index in [9.17, 15) is 26.3 Å². The predicted molar refractivity (Wildman–Crippen MR) is 53.2 cm³/mol. The highest BCUT2D eigenvalue weighted by Gasteiger charge is 2.42. The first-order valence-electron chi connectivity index (χ1n) is 4.38. The van der Waals surface area contributed by atoms with Crippen LogP contribution in [0.1, 0.15) is 6.42 Å². The third-order valence-corrected chi connectivity index (χ3v) is 2.51. The minimum atomic E-state index is -4.85. The van der Waals surface area contributed by atoms with Crippen molar-refractivity contribution in [3.63, 3.8) is 0 Å². The van der Waals surface area contributed by atoms with Crippen molar-refractivity contribution in [3.8, 4) is 0 Å². The third-order valence-electron chi connectivity index (χ3n) is 2.21.